The molecule has 0 spiro atoms. The van der Waals surface area contributed by atoms with Gasteiger partial charge in [0, 0.05) is 6.10 Å². The SMILES string of the molecule is CCO/C(=C/C(C)=O)[O][Al][O]C(C)CC. The number of ether oxygens (including phenoxy) is 1. The first kappa shape index (κ1) is 14.5. The van der Waals surface area contributed by atoms with Crippen molar-refractivity contribution < 1.29 is 17.1 Å². The summed E-state index contributed by atoms with van der Waals surface area (Å²) in [6, 6.07) is 0. The lowest BCUT2D eigenvalue weighted by atomic mass is 10.3. The van der Waals surface area contributed by atoms with E-state index in [0.717, 1.165) is 6.42 Å². The molecule has 0 aliphatic heterocycles. The van der Waals surface area contributed by atoms with Crippen LogP contribution in [0.4, 0.5) is 0 Å². The zero-order chi connectivity index (χ0) is 11.7. The molecule has 0 aliphatic rings. The number of hydrogen-bond donors (Lipinski definition) is 0. The third-order valence-electron chi connectivity index (χ3n) is 1.63. The van der Waals surface area contributed by atoms with E-state index in [1.54, 1.807) is 0 Å². The van der Waals surface area contributed by atoms with Crippen molar-refractivity contribution in [3.05, 3.63) is 12.0 Å². The summed E-state index contributed by atoms with van der Waals surface area (Å²) in [5.74, 6) is 0.157. The quantitative estimate of drug-likeness (QED) is 0.362. The van der Waals surface area contributed by atoms with Gasteiger partial charge in [0.05, 0.1) is 12.7 Å². The van der Waals surface area contributed by atoms with Gasteiger partial charge in [0.1, 0.15) is 0 Å². The third kappa shape index (κ3) is 8.49. The van der Waals surface area contributed by atoms with Crippen LogP contribution in [0.1, 0.15) is 34.1 Å². The minimum atomic E-state index is -0.620. The fourth-order valence-electron chi connectivity index (χ4n) is 0.684. The average Bonchev–Trinajstić information content (AvgIpc) is 2.16. The molecule has 0 aromatic carbocycles. The van der Waals surface area contributed by atoms with E-state index in [4.69, 9.17) is 12.3 Å². The smallest absolute Gasteiger partial charge is 0.599 e. The lowest BCUT2D eigenvalue weighted by molar-refractivity contribution is -0.113. The summed E-state index contributed by atoms with van der Waals surface area (Å²) < 4.78 is 15.8. The Hall–Kier alpha value is -0.498. The molecule has 85 valence electrons. The van der Waals surface area contributed by atoms with Crippen LogP contribution in [0, 0.1) is 0 Å². The Labute approximate surface area is 98.0 Å². The van der Waals surface area contributed by atoms with Crippen molar-refractivity contribution in [1.82, 2.24) is 0 Å². The first-order valence-corrected chi connectivity index (χ1v) is 6.03. The van der Waals surface area contributed by atoms with Crippen LogP contribution in [-0.2, 0) is 17.1 Å². The van der Waals surface area contributed by atoms with Crippen molar-refractivity contribution in [2.75, 3.05) is 6.61 Å². The van der Waals surface area contributed by atoms with E-state index in [9.17, 15) is 4.79 Å². The van der Waals surface area contributed by atoms with E-state index in [2.05, 4.69) is 0 Å². The molecule has 1 unspecified atom stereocenters. The van der Waals surface area contributed by atoms with Crippen LogP contribution in [-0.4, -0.2) is 34.4 Å². The molecule has 15 heavy (non-hydrogen) atoms. The van der Waals surface area contributed by atoms with Crippen molar-refractivity contribution in [3.63, 3.8) is 0 Å². The molecule has 0 aliphatic carbocycles. The molecule has 1 radical (unpaired) electrons. The molecule has 1 atom stereocenters. The molecule has 0 amide bonds. The van der Waals surface area contributed by atoms with Gasteiger partial charge < -0.3 is 12.3 Å². The summed E-state index contributed by atoms with van der Waals surface area (Å²) in [7, 11) is 0. The van der Waals surface area contributed by atoms with Gasteiger partial charge in [-0.1, -0.05) is 6.92 Å². The molecule has 0 aromatic heterocycles. The van der Waals surface area contributed by atoms with Crippen molar-refractivity contribution in [1.29, 1.82) is 0 Å². The highest BCUT2D eigenvalue weighted by Crippen LogP contribution is 2.01. The Morgan fingerprint density at radius 3 is 2.60 bits per heavy atom. The summed E-state index contributed by atoms with van der Waals surface area (Å²) in [6.45, 7) is 7.78. The fourth-order valence-corrected chi connectivity index (χ4v) is 1.35. The predicted octanol–water partition coefficient (Wildman–Crippen LogP) is 1.82. The third-order valence-corrected chi connectivity index (χ3v) is 2.54. The van der Waals surface area contributed by atoms with Gasteiger partial charge in [0.25, 0.3) is 0 Å². The van der Waals surface area contributed by atoms with Crippen molar-refractivity contribution in [2.45, 2.75) is 40.2 Å². The fraction of sp³-hybridized carbons (Fsp3) is 0.700. The van der Waals surface area contributed by atoms with E-state index < -0.39 is 15.9 Å². The van der Waals surface area contributed by atoms with Crippen LogP contribution in [0.2, 0.25) is 0 Å². The van der Waals surface area contributed by atoms with Crippen LogP contribution in [0.5, 0.6) is 0 Å². The molecule has 4 nitrogen and oxygen atoms in total. The number of carbonyl (C=O) groups excluding carboxylic acids is 1. The standard InChI is InChI=1S/C6H10O3.C4H9O.Al/c1-3-9-6(8)4-5(2)7;1-3-4(2)5;/h4,8H,3H2,1-2H3;4H,3H2,1-2H3;/q;-1;+2/p-1/b6-4+;;. The number of hydrogen-bond acceptors (Lipinski definition) is 4. The van der Waals surface area contributed by atoms with Gasteiger partial charge in [-0.3, -0.25) is 4.79 Å². The van der Waals surface area contributed by atoms with Crippen LogP contribution in [0.15, 0.2) is 12.0 Å². The summed E-state index contributed by atoms with van der Waals surface area (Å²) in [4.78, 5) is 10.8. The molecular formula is C10H18AlO4. The normalized spacial score (nSPS) is 13.2. The van der Waals surface area contributed by atoms with Crippen LogP contribution in [0.25, 0.3) is 0 Å². The van der Waals surface area contributed by atoms with Gasteiger partial charge in [-0.25, -0.2) is 0 Å². The van der Waals surface area contributed by atoms with Crippen molar-refractivity contribution >= 4 is 21.7 Å². The minimum Gasteiger partial charge on any atom is -0.599 e. The van der Waals surface area contributed by atoms with Crippen LogP contribution in [0.3, 0.4) is 0 Å². The van der Waals surface area contributed by atoms with E-state index in [-0.39, 0.29) is 17.8 Å². The van der Waals surface area contributed by atoms with Gasteiger partial charge in [0.15, 0.2) is 5.78 Å². The molecule has 0 heterocycles. The zero-order valence-electron chi connectivity index (χ0n) is 9.78. The molecular weight excluding hydrogens is 211 g/mol. The monoisotopic (exact) mass is 229 g/mol. The lowest BCUT2D eigenvalue weighted by Gasteiger charge is -2.13. The van der Waals surface area contributed by atoms with Crippen LogP contribution >= 0.6 is 0 Å². The predicted molar refractivity (Wildman–Crippen MR) is 58.1 cm³/mol. The Kier molecular flexibility index (Phi) is 8.49. The maximum atomic E-state index is 10.8. The molecule has 0 aromatic rings. The number of ketones is 1. The highest BCUT2D eigenvalue weighted by atomic mass is 27.2. The van der Waals surface area contributed by atoms with E-state index in [0.29, 0.717) is 6.61 Å². The van der Waals surface area contributed by atoms with Gasteiger partial charge in [-0.15, -0.1) is 0 Å². The summed E-state index contributed by atoms with van der Waals surface area (Å²) in [5.41, 5.74) is 0. The molecule has 0 N–H and O–H groups in total. The van der Waals surface area contributed by atoms with Gasteiger partial charge in [0.2, 0.25) is 5.95 Å². The second-order valence-corrected chi connectivity index (χ2v) is 3.78. The molecule has 0 fully saturated rings. The topological polar surface area (TPSA) is 44.8 Å². The molecule has 0 saturated carbocycles. The zero-order valence-corrected chi connectivity index (χ0v) is 10.9. The first-order chi connectivity index (χ1) is 7.10. The molecule has 0 bridgehead atoms. The van der Waals surface area contributed by atoms with Crippen LogP contribution < -0.4 is 0 Å². The van der Waals surface area contributed by atoms with Gasteiger partial charge in [-0.05, 0) is 27.2 Å². The Bertz CT molecular complexity index is 215. The van der Waals surface area contributed by atoms with E-state index >= 15 is 0 Å². The number of carbonyl (C=O) groups is 1. The largest absolute Gasteiger partial charge is 0.776 e. The second-order valence-electron chi connectivity index (χ2n) is 3.08. The Balaban J connectivity index is 3.91. The van der Waals surface area contributed by atoms with Gasteiger partial charge >= 0.3 is 15.9 Å². The molecule has 0 saturated heterocycles. The summed E-state index contributed by atoms with van der Waals surface area (Å²) in [5, 5.41) is 0. The summed E-state index contributed by atoms with van der Waals surface area (Å²) >= 11 is -0.620. The first-order valence-electron chi connectivity index (χ1n) is 5.09. The highest BCUT2D eigenvalue weighted by Gasteiger charge is 2.09. The molecule has 0 rings (SSSR count). The maximum Gasteiger partial charge on any atom is 0.776 e. The lowest BCUT2D eigenvalue weighted by Crippen LogP contribution is -2.14. The number of allylic oxidation sites excluding steroid dienone is 1. The maximum absolute atomic E-state index is 10.8. The average molecular weight is 229 g/mol. The van der Waals surface area contributed by atoms with Crippen molar-refractivity contribution in [3.8, 4) is 0 Å². The number of rotatable bonds is 8. The van der Waals surface area contributed by atoms with Gasteiger partial charge in [-0.2, -0.15) is 0 Å². The summed E-state index contributed by atoms with van der Waals surface area (Å²) in [6.07, 6.45) is 2.45. The van der Waals surface area contributed by atoms with E-state index in [1.165, 1.54) is 13.0 Å². The minimum absolute atomic E-state index is 0.0959. The Morgan fingerprint density at radius 1 is 1.47 bits per heavy atom. The van der Waals surface area contributed by atoms with Crippen molar-refractivity contribution in [2.24, 2.45) is 0 Å². The highest BCUT2D eigenvalue weighted by molar-refractivity contribution is 6.18. The Morgan fingerprint density at radius 2 is 2.13 bits per heavy atom. The second kappa shape index (κ2) is 8.78. The van der Waals surface area contributed by atoms with E-state index in [1.807, 2.05) is 20.8 Å². The molecule has 5 heteroatoms.